The van der Waals surface area contributed by atoms with Gasteiger partial charge in [-0.1, -0.05) is 12.1 Å². The molecule has 1 aliphatic rings. The van der Waals surface area contributed by atoms with E-state index in [4.69, 9.17) is 4.52 Å². The molecule has 18 heavy (non-hydrogen) atoms. The zero-order valence-electron chi connectivity index (χ0n) is 10.5. The molecule has 1 fully saturated rings. The normalized spacial score (nSPS) is 15.3. The average Bonchev–Trinajstić information content (AvgIpc) is 3.10. The minimum absolute atomic E-state index is 0.648. The topological polar surface area (TPSA) is 55.1 Å². The lowest BCUT2D eigenvalue weighted by atomic mass is 10.2. The first-order chi connectivity index (χ1) is 8.86. The van der Waals surface area contributed by atoms with Gasteiger partial charge in [0.2, 0.25) is 11.7 Å². The Bertz CT molecular complexity index is 531. The molecule has 5 nitrogen and oxygen atoms in total. The van der Waals surface area contributed by atoms with Gasteiger partial charge >= 0.3 is 0 Å². The van der Waals surface area contributed by atoms with Gasteiger partial charge in [0.25, 0.3) is 0 Å². The standard InChI is InChI=1S/C13H16N4O/c1-2-12-15-13(16-18-12)10-5-6-14-11(9-10)17-7-3-4-8-17/h5-6,9H,2-4,7-8H2,1H3. The Morgan fingerprint density at radius 3 is 2.89 bits per heavy atom. The molecule has 5 heteroatoms. The highest BCUT2D eigenvalue weighted by molar-refractivity contribution is 5.59. The van der Waals surface area contributed by atoms with Crippen molar-refractivity contribution in [1.82, 2.24) is 15.1 Å². The molecule has 0 atom stereocenters. The predicted octanol–water partition coefficient (Wildman–Crippen LogP) is 2.29. The van der Waals surface area contributed by atoms with Gasteiger partial charge in [-0.3, -0.25) is 0 Å². The van der Waals surface area contributed by atoms with E-state index in [0.717, 1.165) is 30.9 Å². The van der Waals surface area contributed by atoms with Crippen LogP contribution in [0.3, 0.4) is 0 Å². The molecule has 3 heterocycles. The van der Waals surface area contributed by atoms with E-state index in [1.54, 1.807) is 0 Å². The van der Waals surface area contributed by atoms with Gasteiger partial charge in [-0.15, -0.1) is 0 Å². The van der Waals surface area contributed by atoms with Crippen molar-refractivity contribution < 1.29 is 4.52 Å². The fourth-order valence-electron chi connectivity index (χ4n) is 2.19. The van der Waals surface area contributed by atoms with E-state index in [-0.39, 0.29) is 0 Å². The minimum Gasteiger partial charge on any atom is -0.357 e. The highest BCUT2D eigenvalue weighted by Gasteiger charge is 2.15. The lowest BCUT2D eigenvalue weighted by Gasteiger charge is -2.16. The average molecular weight is 244 g/mol. The number of rotatable bonds is 3. The maximum absolute atomic E-state index is 5.14. The Labute approximate surface area is 106 Å². The smallest absolute Gasteiger partial charge is 0.226 e. The van der Waals surface area contributed by atoms with E-state index in [2.05, 4.69) is 20.0 Å². The number of hydrogen-bond acceptors (Lipinski definition) is 5. The highest BCUT2D eigenvalue weighted by atomic mass is 16.5. The summed E-state index contributed by atoms with van der Waals surface area (Å²) in [5, 5.41) is 3.99. The quantitative estimate of drug-likeness (QED) is 0.829. The van der Waals surface area contributed by atoms with E-state index >= 15 is 0 Å². The van der Waals surface area contributed by atoms with Gasteiger partial charge in [0.15, 0.2) is 0 Å². The molecule has 0 saturated carbocycles. The van der Waals surface area contributed by atoms with Crippen molar-refractivity contribution in [3.05, 3.63) is 24.2 Å². The second-order valence-corrected chi connectivity index (χ2v) is 4.46. The van der Waals surface area contributed by atoms with E-state index in [9.17, 15) is 0 Å². The van der Waals surface area contributed by atoms with Crippen LogP contribution in [-0.2, 0) is 6.42 Å². The fraction of sp³-hybridized carbons (Fsp3) is 0.462. The third kappa shape index (κ3) is 2.08. The van der Waals surface area contributed by atoms with Crippen molar-refractivity contribution in [2.75, 3.05) is 18.0 Å². The van der Waals surface area contributed by atoms with Crippen molar-refractivity contribution in [2.45, 2.75) is 26.2 Å². The molecule has 1 saturated heterocycles. The predicted molar refractivity (Wildman–Crippen MR) is 68.4 cm³/mol. The van der Waals surface area contributed by atoms with Crippen LogP contribution in [0.2, 0.25) is 0 Å². The molecular formula is C13H16N4O. The Balaban J connectivity index is 1.90. The molecule has 0 aliphatic carbocycles. The summed E-state index contributed by atoms with van der Waals surface area (Å²) in [5.41, 5.74) is 0.968. The molecule has 0 spiro atoms. The maximum Gasteiger partial charge on any atom is 0.226 e. The van der Waals surface area contributed by atoms with Gasteiger partial charge in [0.1, 0.15) is 5.82 Å². The van der Waals surface area contributed by atoms with Crippen molar-refractivity contribution >= 4 is 5.82 Å². The van der Waals surface area contributed by atoms with Crippen molar-refractivity contribution in [1.29, 1.82) is 0 Å². The number of anilines is 1. The molecule has 0 bridgehead atoms. The molecule has 3 rings (SSSR count). The van der Waals surface area contributed by atoms with Crippen LogP contribution in [0, 0.1) is 0 Å². The van der Waals surface area contributed by atoms with Gasteiger partial charge < -0.3 is 9.42 Å². The van der Waals surface area contributed by atoms with Gasteiger partial charge in [0.05, 0.1) is 0 Å². The first-order valence-corrected chi connectivity index (χ1v) is 6.41. The van der Waals surface area contributed by atoms with Crippen molar-refractivity contribution in [3.8, 4) is 11.4 Å². The molecule has 94 valence electrons. The second-order valence-electron chi connectivity index (χ2n) is 4.46. The summed E-state index contributed by atoms with van der Waals surface area (Å²) in [6.45, 7) is 4.17. The molecule has 1 aliphatic heterocycles. The summed E-state index contributed by atoms with van der Waals surface area (Å²) in [4.78, 5) is 11.1. The van der Waals surface area contributed by atoms with Crippen molar-refractivity contribution in [3.63, 3.8) is 0 Å². The fourth-order valence-corrected chi connectivity index (χ4v) is 2.19. The van der Waals surface area contributed by atoms with Crippen LogP contribution < -0.4 is 4.90 Å². The number of aromatic nitrogens is 3. The van der Waals surface area contributed by atoms with E-state index in [1.165, 1.54) is 12.8 Å². The maximum atomic E-state index is 5.14. The van der Waals surface area contributed by atoms with Gasteiger partial charge in [0, 0.05) is 31.3 Å². The number of aryl methyl sites for hydroxylation is 1. The summed E-state index contributed by atoms with van der Waals surface area (Å²) in [7, 11) is 0. The Morgan fingerprint density at radius 1 is 1.33 bits per heavy atom. The van der Waals surface area contributed by atoms with Crippen LogP contribution >= 0.6 is 0 Å². The molecule has 0 amide bonds. The number of hydrogen-bond donors (Lipinski definition) is 0. The van der Waals surface area contributed by atoms with Gasteiger partial charge in [-0.2, -0.15) is 4.98 Å². The molecule has 0 unspecified atom stereocenters. The lowest BCUT2D eigenvalue weighted by molar-refractivity contribution is 0.383. The largest absolute Gasteiger partial charge is 0.357 e. The van der Waals surface area contributed by atoms with Crippen LogP contribution in [0.5, 0.6) is 0 Å². The molecule has 0 radical (unpaired) electrons. The summed E-state index contributed by atoms with van der Waals surface area (Å²) < 4.78 is 5.14. The van der Waals surface area contributed by atoms with Crippen LogP contribution in [0.25, 0.3) is 11.4 Å². The molecule has 0 aromatic carbocycles. The van der Waals surface area contributed by atoms with Crippen LogP contribution in [0.15, 0.2) is 22.9 Å². The third-order valence-electron chi connectivity index (χ3n) is 3.20. The molecule has 0 N–H and O–H groups in total. The van der Waals surface area contributed by atoms with Crippen molar-refractivity contribution in [2.24, 2.45) is 0 Å². The van der Waals surface area contributed by atoms with Crippen LogP contribution in [0.4, 0.5) is 5.82 Å². The second kappa shape index (κ2) is 4.76. The number of nitrogens with zero attached hydrogens (tertiary/aromatic N) is 4. The van der Waals surface area contributed by atoms with E-state index < -0.39 is 0 Å². The Morgan fingerprint density at radius 2 is 2.17 bits per heavy atom. The lowest BCUT2D eigenvalue weighted by Crippen LogP contribution is -2.18. The molecular weight excluding hydrogens is 228 g/mol. The molecule has 2 aromatic rings. The summed E-state index contributed by atoms with van der Waals surface area (Å²) in [5.74, 6) is 2.33. The first kappa shape index (κ1) is 11.2. The summed E-state index contributed by atoms with van der Waals surface area (Å²) >= 11 is 0. The Kier molecular flexibility index (Phi) is 2.96. The monoisotopic (exact) mass is 244 g/mol. The highest BCUT2D eigenvalue weighted by Crippen LogP contribution is 2.23. The van der Waals surface area contributed by atoms with E-state index in [1.807, 2.05) is 25.3 Å². The zero-order valence-corrected chi connectivity index (χ0v) is 10.5. The van der Waals surface area contributed by atoms with E-state index in [0.29, 0.717) is 11.7 Å². The zero-order chi connectivity index (χ0) is 12.4. The van der Waals surface area contributed by atoms with Crippen LogP contribution in [0.1, 0.15) is 25.7 Å². The van der Waals surface area contributed by atoms with Gasteiger partial charge in [-0.25, -0.2) is 4.98 Å². The van der Waals surface area contributed by atoms with Crippen LogP contribution in [-0.4, -0.2) is 28.2 Å². The third-order valence-corrected chi connectivity index (χ3v) is 3.20. The SMILES string of the molecule is CCc1nc(-c2ccnc(N3CCCC3)c2)no1. The van der Waals surface area contributed by atoms with Gasteiger partial charge in [-0.05, 0) is 25.0 Å². The number of pyridine rings is 1. The molecule has 2 aromatic heterocycles. The first-order valence-electron chi connectivity index (χ1n) is 6.41. The Hall–Kier alpha value is -1.91. The summed E-state index contributed by atoms with van der Waals surface area (Å²) in [6, 6.07) is 3.96. The summed E-state index contributed by atoms with van der Waals surface area (Å²) in [6.07, 6.45) is 5.06. The minimum atomic E-state index is 0.648.